The van der Waals surface area contributed by atoms with E-state index in [1.165, 1.54) is 76.7 Å². The van der Waals surface area contributed by atoms with Gasteiger partial charge in [-0.3, -0.25) is 4.90 Å². The van der Waals surface area contributed by atoms with Crippen molar-refractivity contribution in [1.29, 1.82) is 0 Å². The lowest BCUT2D eigenvalue weighted by molar-refractivity contribution is 0.149. The minimum atomic E-state index is 0.411. The number of methoxy groups -OCH3 is 1. The molecule has 0 aliphatic carbocycles. The summed E-state index contributed by atoms with van der Waals surface area (Å²) in [5.74, 6) is 0.979. The Labute approximate surface area is 257 Å². The van der Waals surface area contributed by atoms with Crippen molar-refractivity contribution in [1.82, 2.24) is 20.0 Å². The Bertz CT molecular complexity index is 620. The predicted octanol–water partition coefficient (Wildman–Crippen LogP) is 7.39. The van der Waals surface area contributed by atoms with Gasteiger partial charge in [-0.1, -0.05) is 65.2 Å². The summed E-state index contributed by atoms with van der Waals surface area (Å²) in [4.78, 5) is 7.69. The average Bonchev–Trinajstić information content (AvgIpc) is 3.26. The van der Waals surface area contributed by atoms with Crippen LogP contribution < -0.4 is 5.32 Å². The van der Waals surface area contributed by atoms with Crippen LogP contribution in [0.5, 0.6) is 0 Å². The minimum Gasteiger partial charge on any atom is -0.499 e. The lowest BCUT2D eigenvalue weighted by Crippen LogP contribution is -2.48. The molecule has 2 aliphatic heterocycles. The van der Waals surface area contributed by atoms with Crippen molar-refractivity contribution in [3.63, 3.8) is 0 Å². The Hall–Kier alpha value is -1.18. The van der Waals surface area contributed by atoms with E-state index in [9.17, 15) is 0 Å². The maximum Gasteiger partial charge on any atom is 0.0928 e. The molecule has 6 nitrogen and oxygen atoms in total. The SMILES string of the molecule is CC.CCOC.CN1CCCCCC1.C\C=C/C(=C\C=C(/C)OCC)C(CN1CCCCC1)N(CC)CCNCC. The standard InChI is InChI=1S/C23H43N3O.C7H15N.C3H8O.C2H6/c1-6-13-22(15-14-21(5)27-9-4)23(20-25-17-11-10-12-18-25)26(8-3)19-16-24-7-2;1-8-6-4-2-3-5-7-8;1-3-4-2;1-2/h6,13-15,23-24H,7-12,16-20H2,1-5H3;2-7H2,1H3;3H2,1-2H3;1-2H3/b13-6-,21-14+,22-15+;;;. The smallest absolute Gasteiger partial charge is 0.0928 e. The number of likely N-dealkylation sites (tertiary alicyclic amines) is 2. The van der Waals surface area contributed by atoms with Gasteiger partial charge in [0.15, 0.2) is 0 Å². The normalized spacial score (nSPS) is 17.9. The molecule has 0 aromatic rings. The Morgan fingerprint density at radius 2 is 1.44 bits per heavy atom. The van der Waals surface area contributed by atoms with Crippen LogP contribution in [0, 0.1) is 0 Å². The zero-order valence-corrected chi connectivity index (χ0v) is 29.3. The van der Waals surface area contributed by atoms with Crippen molar-refractivity contribution < 1.29 is 9.47 Å². The van der Waals surface area contributed by atoms with Crippen molar-refractivity contribution in [3.8, 4) is 0 Å². The van der Waals surface area contributed by atoms with Crippen LogP contribution in [0.2, 0.25) is 0 Å². The van der Waals surface area contributed by atoms with E-state index in [2.05, 4.69) is 76.9 Å². The molecule has 1 N–H and O–H groups in total. The first-order chi connectivity index (χ1) is 20.0. The van der Waals surface area contributed by atoms with Gasteiger partial charge in [-0.2, -0.15) is 0 Å². The van der Waals surface area contributed by atoms with Crippen LogP contribution in [0.4, 0.5) is 0 Å². The largest absolute Gasteiger partial charge is 0.499 e. The third-order valence-corrected chi connectivity index (χ3v) is 7.30. The second-order valence-corrected chi connectivity index (χ2v) is 10.5. The Kier molecular flexibility index (Phi) is 32.5. The summed E-state index contributed by atoms with van der Waals surface area (Å²) in [6.07, 6.45) is 18.6. The van der Waals surface area contributed by atoms with Gasteiger partial charge in [0.25, 0.3) is 0 Å². The molecule has 2 heterocycles. The lowest BCUT2D eigenvalue weighted by Gasteiger charge is -2.37. The summed E-state index contributed by atoms with van der Waals surface area (Å²) in [5, 5.41) is 3.48. The lowest BCUT2D eigenvalue weighted by atomic mass is 10.0. The van der Waals surface area contributed by atoms with Gasteiger partial charge >= 0.3 is 0 Å². The van der Waals surface area contributed by atoms with E-state index in [-0.39, 0.29) is 0 Å². The van der Waals surface area contributed by atoms with Crippen LogP contribution in [0.3, 0.4) is 0 Å². The first-order valence-corrected chi connectivity index (χ1v) is 17.0. The number of rotatable bonds is 14. The molecule has 0 spiro atoms. The summed E-state index contributed by atoms with van der Waals surface area (Å²) in [6.45, 7) is 28.6. The van der Waals surface area contributed by atoms with Crippen LogP contribution in [0.1, 0.15) is 100 Å². The quantitative estimate of drug-likeness (QED) is 0.131. The topological polar surface area (TPSA) is 40.2 Å². The van der Waals surface area contributed by atoms with Crippen LogP contribution in [0.15, 0.2) is 35.6 Å². The molecule has 0 amide bonds. The number of hydrogen-bond donors (Lipinski definition) is 1. The fourth-order valence-electron chi connectivity index (χ4n) is 4.94. The van der Waals surface area contributed by atoms with Crippen molar-refractivity contribution in [3.05, 3.63) is 35.6 Å². The van der Waals surface area contributed by atoms with E-state index in [1.54, 1.807) is 7.11 Å². The zero-order valence-electron chi connectivity index (χ0n) is 29.3. The van der Waals surface area contributed by atoms with Gasteiger partial charge in [-0.25, -0.2) is 0 Å². The molecule has 0 saturated carbocycles. The Morgan fingerprint density at radius 3 is 1.93 bits per heavy atom. The molecular formula is C35H72N4O2. The maximum absolute atomic E-state index is 5.62. The van der Waals surface area contributed by atoms with Gasteiger partial charge in [0, 0.05) is 39.4 Å². The van der Waals surface area contributed by atoms with Gasteiger partial charge in [0.05, 0.1) is 12.4 Å². The van der Waals surface area contributed by atoms with E-state index < -0.39 is 0 Å². The van der Waals surface area contributed by atoms with Crippen LogP contribution in [0.25, 0.3) is 0 Å². The third kappa shape index (κ3) is 24.0. The minimum absolute atomic E-state index is 0.411. The Morgan fingerprint density at radius 1 is 0.878 bits per heavy atom. The Balaban J connectivity index is 0. The number of nitrogens with one attached hydrogen (secondary N) is 1. The van der Waals surface area contributed by atoms with Crippen molar-refractivity contribution in [2.75, 3.05) is 86.3 Å². The van der Waals surface area contributed by atoms with Crippen molar-refractivity contribution in [2.24, 2.45) is 0 Å². The second kappa shape index (κ2) is 31.7. The first-order valence-electron chi connectivity index (χ1n) is 17.0. The summed E-state index contributed by atoms with van der Waals surface area (Å²) in [7, 11) is 3.89. The van der Waals surface area contributed by atoms with E-state index in [0.717, 1.165) is 51.7 Å². The summed E-state index contributed by atoms with van der Waals surface area (Å²) in [5.41, 5.74) is 1.38. The maximum atomic E-state index is 5.62. The number of likely N-dealkylation sites (N-methyl/N-ethyl adjacent to an activating group) is 2. The number of ether oxygens (including phenoxy) is 2. The third-order valence-electron chi connectivity index (χ3n) is 7.30. The van der Waals surface area contributed by atoms with Crippen molar-refractivity contribution in [2.45, 2.75) is 106 Å². The van der Waals surface area contributed by atoms with Gasteiger partial charge in [-0.15, -0.1) is 0 Å². The summed E-state index contributed by atoms with van der Waals surface area (Å²) >= 11 is 0. The molecule has 0 aromatic carbocycles. The number of nitrogens with zero attached hydrogens (tertiary/aromatic N) is 3. The van der Waals surface area contributed by atoms with E-state index in [1.807, 2.05) is 34.6 Å². The van der Waals surface area contributed by atoms with E-state index in [4.69, 9.17) is 4.74 Å². The molecule has 2 saturated heterocycles. The monoisotopic (exact) mass is 581 g/mol. The number of allylic oxidation sites excluding steroid dienone is 4. The number of piperidine rings is 1. The van der Waals surface area contributed by atoms with Gasteiger partial charge in [-0.05, 0) is 111 Å². The molecule has 0 radical (unpaired) electrons. The molecule has 0 aromatic heterocycles. The fraction of sp³-hybridized carbons (Fsp3) is 0.829. The molecule has 1 atom stereocenters. The molecule has 2 fully saturated rings. The molecule has 0 bridgehead atoms. The highest BCUT2D eigenvalue weighted by Crippen LogP contribution is 2.18. The highest BCUT2D eigenvalue weighted by molar-refractivity contribution is 5.30. The van der Waals surface area contributed by atoms with Crippen LogP contribution in [-0.4, -0.2) is 107 Å². The average molecular weight is 581 g/mol. The molecule has 2 aliphatic rings. The molecule has 1 unspecified atom stereocenters. The number of hydrogen-bond acceptors (Lipinski definition) is 6. The van der Waals surface area contributed by atoms with Gasteiger partial charge in [0.2, 0.25) is 0 Å². The molecule has 41 heavy (non-hydrogen) atoms. The predicted molar refractivity (Wildman–Crippen MR) is 183 cm³/mol. The molecule has 244 valence electrons. The molecule has 6 heteroatoms. The molecular weight excluding hydrogens is 508 g/mol. The highest BCUT2D eigenvalue weighted by atomic mass is 16.5. The zero-order chi connectivity index (χ0) is 31.1. The highest BCUT2D eigenvalue weighted by Gasteiger charge is 2.23. The second-order valence-electron chi connectivity index (χ2n) is 10.5. The van der Waals surface area contributed by atoms with E-state index >= 15 is 0 Å². The fourth-order valence-corrected chi connectivity index (χ4v) is 4.94. The van der Waals surface area contributed by atoms with Crippen LogP contribution >= 0.6 is 0 Å². The van der Waals surface area contributed by atoms with E-state index in [0.29, 0.717) is 6.04 Å². The molecule has 2 rings (SSSR count). The van der Waals surface area contributed by atoms with Gasteiger partial charge in [0.1, 0.15) is 0 Å². The first kappa shape index (κ1) is 42.0. The van der Waals surface area contributed by atoms with Gasteiger partial charge < -0.3 is 24.6 Å². The van der Waals surface area contributed by atoms with Crippen LogP contribution in [-0.2, 0) is 9.47 Å². The van der Waals surface area contributed by atoms with Crippen molar-refractivity contribution >= 4 is 0 Å². The summed E-state index contributed by atoms with van der Waals surface area (Å²) < 4.78 is 10.2. The summed E-state index contributed by atoms with van der Waals surface area (Å²) in [6, 6.07) is 0.411.